The van der Waals surface area contributed by atoms with Gasteiger partial charge >= 0.3 is 0 Å². The van der Waals surface area contributed by atoms with E-state index in [1.54, 1.807) is 0 Å². The van der Waals surface area contributed by atoms with Gasteiger partial charge in [-0.15, -0.1) is 0 Å². The number of ether oxygens (including phenoxy) is 1. The van der Waals surface area contributed by atoms with Gasteiger partial charge in [-0.05, 0) is 31.2 Å². The van der Waals surface area contributed by atoms with Crippen LogP contribution in [-0.2, 0) is 4.79 Å². The third kappa shape index (κ3) is 4.71. The minimum atomic E-state index is -0.550. The Labute approximate surface area is 145 Å². The predicted octanol–water partition coefficient (Wildman–Crippen LogP) is 4.11. The highest BCUT2D eigenvalue weighted by Gasteiger charge is 2.16. The molecule has 0 spiro atoms. The topological polar surface area (TPSA) is 53.3 Å². The van der Waals surface area contributed by atoms with Crippen LogP contribution in [0.5, 0.6) is 5.75 Å². The van der Waals surface area contributed by atoms with Gasteiger partial charge in [-0.1, -0.05) is 29.3 Å². The SMILES string of the molecule is Cc1ccc(N(CCC#N)C(=O)COc2ccc(F)c(Cl)c2)cc1. The van der Waals surface area contributed by atoms with Crippen LogP contribution in [0.4, 0.5) is 10.1 Å². The van der Waals surface area contributed by atoms with Gasteiger partial charge in [0.15, 0.2) is 6.61 Å². The Morgan fingerprint density at radius 2 is 2.00 bits per heavy atom. The average Bonchev–Trinajstić information content (AvgIpc) is 2.57. The second-order valence-corrected chi connectivity index (χ2v) is 5.56. The smallest absolute Gasteiger partial charge is 0.264 e. The van der Waals surface area contributed by atoms with Crippen molar-refractivity contribution in [1.82, 2.24) is 0 Å². The molecule has 0 fully saturated rings. The van der Waals surface area contributed by atoms with Gasteiger partial charge in [-0.3, -0.25) is 4.79 Å². The third-order valence-electron chi connectivity index (χ3n) is 3.35. The molecule has 1 amide bonds. The largest absolute Gasteiger partial charge is 0.484 e. The van der Waals surface area contributed by atoms with E-state index in [-0.39, 0.29) is 30.5 Å². The molecule has 24 heavy (non-hydrogen) atoms. The molecule has 0 N–H and O–H groups in total. The van der Waals surface area contributed by atoms with Gasteiger partial charge in [-0.25, -0.2) is 4.39 Å². The van der Waals surface area contributed by atoms with Crippen LogP contribution in [0.15, 0.2) is 42.5 Å². The summed E-state index contributed by atoms with van der Waals surface area (Å²) in [7, 11) is 0. The van der Waals surface area contributed by atoms with E-state index in [0.29, 0.717) is 11.4 Å². The zero-order valence-electron chi connectivity index (χ0n) is 13.1. The summed E-state index contributed by atoms with van der Waals surface area (Å²) in [4.78, 5) is 13.9. The number of nitrogens with zero attached hydrogens (tertiary/aromatic N) is 2. The maximum atomic E-state index is 13.1. The summed E-state index contributed by atoms with van der Waals surface area (Å²) >= 11 is 5.68. The van der Waals surface area contributed by atoms with E-state index >= 15 is 0 Å². The Kier molecular flexibility index (Phi) is 6.16. The van der Waals surface area contributed by atoms with Crippen molar-refractivity contribution < 1.29 is 13.9 Å². The molecule has 2 aromatic carbocycles. The standard InChI is InChI=1S/C18H16ClFN2O2/c1-13-3-5-14(6-4-13)22(10-2-9-21)18(23)12-24-15-7-8-17(20)16(19)11-15/h3-8,11H,2,10,12H2,1H3. The van der Waals surface area contributed by atoms with Crippen molar-refractivity contribution in [1.29, 1.82) is 5.26 Å². The molecule has 6 heteroatoms. The number of benzene rings is 2. The Bertz CT molecular complexity index is 757. The summed E-state index contributed by atoms with van der Waals surface area (Å²) in [6.45, 7) is 1.99. The van der Waals surface area contributed by atoms with Crippen LogP contribution < -0.4 is 9.64 Å². The van der Waals surface area contributed by atoms with Gasteiger partial charge in [0.05, 0.1) is 17.5 Å². The van der Waals surface area contributed by atoms with E-state index in [9.17, 15) is 9.18 Å². The highest BCUT2D eigenvalue weighted by Crippen LogP contribution is 2.21. The fourth-order valence-electron chi connectivity index (χ4n) is 2.07. The van der Waals surface area contributed by atoms with Crippen LogP contribution in [0.2, 0.25) is 5.02 Å². The Morgan fingerprint density at radius 1 is 1.29 bits per heavy atom. The first kappa shape index (κ1) is 17.8. The molecule has 0 unspecified atom stereocenters. The summed E-state index contributed by atoms with van der Waals surface area (Å²) < 4.78 is 18.5. The number of nitriles is 1. The van der Waals surface area contributed by atoms with Gasteiger partial charge in [0.2, 0.25) is 0 Å². The zero-order valence-corrected chi connectivity index (χ0v) is 13.9. The molecule has 0 aliphatic heterocycles. The first-order chi connectivity index (χ1) is 11.5. The Balaban J connectivity index is 2.08. The van der Waals surface area contributed by atoms with Gasteiger partial charge in [-0.2, -0.15) is 5.26 Å². The number of amides is 1. The summed E-state index contributed by atoms with van der Waals surface area (Å²) in [5.41, 5.74) is 1.77. The lowest BCUT2D eigenvalue weighted by molar-refractivity contribution is -0.120. The van der Waals surface area contributed by atoms with E-state index in [2.05, 4.69) is 0 Å². The van der Waals surface area contributed by atoms with Crippen molar-refractivity contribution in [2.75, 3.05) is 18.1 Å². The molecule has 2 rings (SSSR count). The van der Waals surface area contributed by atoms with Crippen molar-refractivity contribution in [3.63, 3.8) is 0 Å². The lowest BCUT2D eigenvalue weighted by atomic mass is 10.2. The fraction of sp³-hybridized carbons (Fsp3) is 0.222. The first-order valence-electron chi connectivity index (χ1n) is 7.33. The highest BCUT2D eigenvalue weighted by atomic mass is 35.5. The van der Waals surface area contributed by atoms with E-state index in [1.165, 1.54) is 23.1 Å². The molecule has 0 saturated carbocycles. The van der Waals surface area contributed by atoms with Gasteiger partial charge < -0.3 is 9.64 Å². The Hall–Kier alpha value is -2.58. The molecule has 2 aromatic rings. The summed E-state index contributed by atoms with van der Waals surface area (Å²) in [5, 5.41) is 8.71. The normalized spacial score (nSPS) is 10.1. The van der Waals surface area contributed by atoms with Crippen molar-refractivity contribution in [2.45, 2.75) is 13.3 Å². The van der Waals surface area contributed by atoms with Crippen LogP contribution in [0.1, 0.15) is 12.0 Å². The average molecular weight is 347 g/mol. The molecular weight excluding hydrogens is 331 g/mol. The number of hydrogen-bond donors (Lipinski definition) is 0. The van der Waals surface area contributed by atoms with Crippen molar-refractivity contribution in [2.24, 2.45) is 0 Å². The zero-order chi connectivity index (χ0) is 17.5. The number of carbonyl (C=O) groups excluding carboxylic acids is 1. The number of carbonyl (C=O) groups is 1. The minimum absolute atomic E-state index is 0.0696. The number of hydrogen-bond acceptors (Lipinski definition) is 3. The minimum Gasteiger partial charge on any atom is -0.484 e. The van der Waals surface area contributed by atoms with E-state index < -0.39 is 5.82 Å². The molecule has 0 atom stereocenters. The fourth-order valence-corrected chi connectivity index (χ4v) is 2.24. The second-order valence-electron chi connectivity index (χ2n) is 5.15. The second kappa shape index (κ2) is 8.32. The van der Waals surface area contributed by atoms with Crippen molar-refractivity contribution in [3.05, 3.63) is 58.9 Å². The van der Waals surface area contributed by atoms with E-state index in [1.807, 2.05) is 37.3 Å². The van der Waals surface area contributed by atoms with Crippen LogP contribution in [0.25, 0.3) is 0 Å². The van der Waals surface area contributed by atoms with Crippen LogP contribution in [-0.4, -0.2) is 19.1 Å². The van der Waals surface area contributed by atoms with Crippen LogP contribution in [0, 0.1) is 24.1 Å². The lowest BCUT2D eigenvalue weighted by Crippen LogP contribution is -2.35. The maximum Gasteiger partial charge on any atom is 0.264 e. The van der Waals surface area contributed by atoms with Gasteiger partial charge in [0, 0.05) is 18.3 Å². The number of anilines is 1. The number of halogens is 2. The summed E-state index contributed by atoms with van der Waals surface area (Å²) in [6.07, 6.45) is 0.210. The lowest BCUT2D eigenvalue weighted by Gasteiger charge is -2.22. The molecule has 124 valence electrons. The Morgan fingerprint density at radius 3 is 2.62 bits per heavy atom. The molecular formula is C18H16ClFN2O2. The molecule has 0 aliphatic carbocycles. The summed E-state index contributed by atoms with van der Waals surface area (Å²) in [6, 6.07) is 13.3. The van der Waals surface area contributed by atoms with Crippen LogP contribution in [0.3, 0.4) is 0 Å². The predicted molar refractivity (Wildman–Crippen MR) is 90.7 cm³/mol. The number of aryl methyl sites for hydroxylation is 1. The van der Waals surface area contributed by atoms with Crippen molar-refractivity contribution >= 4 is 23.2 Å². The molecule has 0 bridgehead atoms. The van der Waals surface area contributed by atoms with Crippen LogP contribution >= 0.6 is 11.6 Å². The van der Waals surface area contributed by atoms with Crippen molar-refractivity contribution in [3.8, 4) is 11.8 Å². The molecule has 0 saturated heterocycles. The quantitative estimate of drug-likeness (QED) is 0.790. The van der Waals surface area contributed by atoms with E-state index in [4.69, 9.17) is 21.6 Å². The summed E-state index contributed by atoms with van der Waals surface area (Å²) in [5.74, 6) is -0.543. The molecule has 0 aliphatic rings. The monoisotopic (exact) mass is 346 g/mol. The molecule has 0 aromatic heterocycles. The molecule has 0 radical (unpaired) electrons. The molecule has 0 heterocycles. The molecule has 4 nitrogen and oxygen atoms in total. The van der Waals surface area contributed by atoms with E-state index in [0.717, 1.165) is 5.56 Å². The highest BCUT2D eigenvalue weighted by molar-refractivity contribution is 6.30. The maximum absolute atomic E-state index is 13.1. The number of rotatable bonds is 6. The van der Waals surface area contributed by atoms with Gasteiger partial charge in [0.1, 0.15) is 11.6 Å². The first-order valence-corrected chi connectivity index (χ1v) is 7.71. The third-order valence-corrected chi connectivity index (χ3v) is 3.64. The van der Waals surface area contributed by atoms with Gasteiger partial charge in [0.25, 0.3) is 5.91 Å².